The predicted molar refractivity (Wildman–Crippen MR) is 96.7 cm³/mol. The molecule has 1 aromatic carbocycles. The average molecular weight is 346 g/mol. The van der Waals surface area contributed by atoms with Crippen molar-refractivity contribution in [1.82, 2.24) is 10.2 Å². The lowest BCUT2D eigenvalue weighted by Crippen LogP contribution is -2.48. The lowest BCUT2D eigenvalue weighted by Gasteiger charge is -2.31. The first kappa shape index (κ1) is 17.8. The van der Waals surface area contributed by atoms with Crippen molar-refractivity contribution in [2.24, 2.45) is 0 Å². The molecule has 1 aromatic rings. The fraction of sp³-hybridized carbons (Fsp3) is 0.556. The number of ether oxygens (including phenoxy) is 1. The second-order valence-corrected chi connectivity index (χ2v) is 6.77. The maximum Gasteiger partial charge on any atom is 0.241 e. The Balaban J connectivity index is 1.63. The minimum Gasteiger partial charge on any atom is -0.374 e. The van der Waals surface area contributed by atoms with E-state index >= 15 is 0 Å². The van der Waals surface area contributed by atoms with E-state index in [4.69, 9.17) is 4.74 Å². The monoisotopic (exact) mass is 346 g/mol. The van der Waals surface area contributed by atoms with Crippen LogP contribution in [0, 0.1) is 0 Å². The molecule has 1 saturated heterocycles. The van der Waals surface area contributed by atoms with Gasteiger partial charge in [-0.3, -0.25) is 9.59 Å². The van der Waals surface area contributed by atoms with Gasteiger partial charge >= 0.3 is 0 Å². The quantitative estimate of drug-likeness (QED) is 0.838. The Bertz CT molecular complexity index is 637. The molecule has 2 aliphatic rings. The highest BCUT2D eigenvalue weighted by molar-refractivity contribution is 6.04. The highest BCUT2D eigenvalue weighted by Crippen LogP contribution is 2.31. The second kappa shape index (κ2) is 7.95. The summed E-state index contributed by atoms with van der Waals surface area (Å²) in [6.45, 7) is 5.29. The van der Waals surface area contributed by atoms with E-state index in [1.54, 1.807) is 4.90 Å². The topological polar surface area (TPSA) is 73.9 Å². The van der Waals surface area contributed by atoms with Crippen molar-refractivity contribution in [2.75, 3.05) is 50.1 Å². The molecule has 1 fully saturated rings. The Morgan fingerprint density at radius 3 is 3.00 bits per heavy atom. The summed E-state index contributed by atoms with van der Waals surface area (Å²) in [5, 5.41) is 6.08. The van der Waals surface area contributed by atoms with E-state index in [1.165, 1.54) is 0 Å². The van der Waals surface area contributed by atoms with Crippen molar-refractivity contribution in [3.63, 3.8) is 0 Å². The molecule has 0 bridgehead atoms. The number of anilines is 2. The first-order valence-corrected chi connectivity index (χ1v) is 8.76. The number of rotatable bonds is 4. The van der Waals surface area contributed by atoms with Crippen LogP contribution in [0.3, 0.4) is 0 Å². The van der Waals surface area contributed by atoms with E-state index in [2.05, 4.69) is 22.6 Å². The molecule has 0 spiro atoms. The van der Waals surface area contributed by atoms with Crippen molar-refractivity contribution in [2.45, 2.75) is 25.5 Å². The lowest BCUT2D eigenvalue weighted by molar-refractivity contribution is -0.118. The van der Waals surface area contributed by atoms with Gasteiger partial charge in [0.05, 0.1) is 30.6 Å². The Morgan fingerprint density at radius 1 is 1.40 bits per heavy atom. The van der Waals surface area contributed by atoms with Crippen LogP contribution in [0.5, 0.6) is 0 Å². The van der Waals surface area contributed by atoms with Gasteiger partial charge < -0.3 is 25.2 Å². The van der Waals surface area contributed by atoms with E-state index in [1.807, 2.05) is 31.2 Å². The van der Waals surface area contributed by atoms with E-state index in [-0.39, 0.29) is 36.9 Å². The van der Waals surface area contributed by atoms with Gasteiger partial charge in [-0.15, -0.1) is 0 Å². The summed E-state index contributed by atoms with van der Waals surface area (Å²) in [6, 6.07) is 7.24. The molecule has 25 heavy (non-hydrogen) atoms. The number of hydrogen-bond acceptors (Lipinski definition) is 5. The van der Waals surface area contributed by atoms with Crippen LogP contribution < -0.4 is 15.5 Å². The normalized spacial score (nSPS) is 24.4. The molecule has 2 atom stereocenters. The molecule has 136 valence electrons. The number of nitrogens with one attached hydrogen (secondary N) is 2. The van der Waals surface area contributed by atoms with Crippen molar-refractivity contribution in [1.29, 1.82) is 0 Å². The Morgan fingerprint density at radius 2 is 2.20 bits per heavy atom. The van der Waals surface area contributed by atoms with Crippen LogP contribution >= 0.6 is 0 Å². The van der Waals surface area contributed by atoms with Gasteiger partial charge in [0.15, 0.2) is 0 Å². The standard InChI is InChI=1S/C18H26N4O3/c1-13-9-17(23)20-15-5-3-4-6-16(15)22(13)18(24)11-19-10-14-12-21(2)7-8-25-14/h3-6,13-14,19H,7-12H2,1-2H3,(H,20,23)/t13-,14+/m0/s1. The van der Waals surface area contributed by atoms with Crippen LogP contribution in [0.2, 0.25) is 0 Å². The average Bonchev–Trinajstić information content (AvgIpc) is 2.69. The molecule has 0 aliphatic carbocycles. The van der Waals surface area contributed by atoms with Crippen LogP contribution in [-0.2, 0) is 14.3 Å². The van der Waals surface area contributed by atoms with Gasteiger partial charge in [0.25, 0.3) is 0 Å². The zero-order valence-corrected chi connectivity index (χ0v) is 14.8. The number of para-hydroxylation sites is 2. The second-order valence-electron chi connectivity index (χ2n) is 6.77. The van der Waals surface area contributed by atoms with E-state index in [0.29, 0.717) is 12.2 Å². The Hall–Kier alpha value is -1.96. The summed E-state index contributed by atoms with van der Waals surface area (Å²) in [7, 11) is 2.07. The zero-order valence-electron chi connectivity index (χ0n) is 14.8. The zero-order chi connectivity index (χ0) is 17.8. The third kappa shape index (κ3) is 4.36. The lowest BCUT2D eigenvalue weighted by atomic mass is 10.1. The fourth-order valence-electron chi connectivity index (χ4n) is 3.38. The molecule has 0 unspecified atom stereocenters. The third-order valence-corrected chi connectivity index (χ3v) is 4.62. The largest absolute Gasteiger partial charge is 0.374 e. The predicted octanol–water partition coefficient (Wildman–Crippen LogP) is 0.671. The molecule has 2 heterocycles. The van der Waals surface area contributed by atoms with Gasteiger partial charge in [0, 0.05) is 32.1 Å². The number of morpholine rings is 1. The summed E-state index contributed by atoms with van der Waals surface area (Å²) in [4.78, 5) is 28.7. The summed E-state index contributed by atoms with van der Waals surface area (Å²) >= 11 is 0. The van der Waals surface area contributed by atoms with Crippen LogP contribution in [-0.4, -0.2) is 68.7 Å². The molecule has 2 aliphatic heterocycles. The van der Waals surface area contributed by atoms with Crippen LogP contribution in [0.25, 0.3) is 0 Å². The van der Waals surface area contributed by atoms with Gasteiger partial charge in [0.1, 0.15) is 0 Å². The fourth-order valence-corrected chi connectivity index (χ4v) is 3.38. The number of carbonyl (C=O) groups excluding carboxylic acids is 2. The van der Waals surface area contributed by atoms with E-state index in [9.17, 15) is 9.59 Å². The molecule has 0 radical (unpaired) electrons. The number of benzene rings is 1. The molecule has 0 aromatic heterocycles. The first-order valence-electron chi connectivity index (χ1n) is 8.76. The number of nitrogens with zero attached hydrogens (tertiary/aromatic N) is 2. The molecule has 7 heteroatoms. The Labute approximate surface area is 148 Å². The number of carbonyl (C=O) groups is 2. The first-order chi connectivity index (χ1) is 12.0. The van der Waals surface area contributed by atoms with Gasteiger partial charge in [-0.2, -0.15) is 0 Å². The van der Waals surface area contributed by atoms with Crippen molar-refractivity contribution in [3.8, 4) is 0 Å². The molecule has 3 rings (SSSR count). The Kier molecular flexibility index (Phi) is 5.67. The number of amides is 2. The summed E-state index contributed by atoms with van der Waals surface area (Å²) in [5.74, 6) is -0.109. The highest BCUT2D eigenvalue weighted by atomic mass is 16.5. The van der Waals surface area contributed by atoms with Crippen LogP contribution in [0.15, 0.2) is 24.3 Å². The molecule has 0 saturated carbocycles. The number of hydrogen-bond donors (Lipinski definition) is 2. The molecule has 7 nitrogen and oxygen atoms in total. The summed E-state index contributed by atoms with van der Waals surface area (Å²) in [6.07, 6.45) is 0.389. The maximum absolute atomic E-state index is 12.8. The number of fused-ring (bicyclic) bond motifs is 1. The van der Waals surface area contributed by atoms with E-state index < -0.39 is 0 Å². The SMILES string of the molecule is C[C@H]1CC(=O)Nc2ccccc2N1C(=O)CNC[C@@H]1CN(C)CCO1. The molecule has 2 N–H and O–H groups in total. The minimum absolute atomic E-state index is 0.0411. The molecular weight excluding hydrogens is 320 g/mol. The van der Waals surface area contributed by atoms with E-state index in [0.717, 1.165) is 25.4 Å². The van der Waals surface area contributed by atoms with Crippen LogP contribution in [0.1, 0.15) is 13.3 Å². The van der Waals surface area contributed by atoms with Crippen LogP contribution in [0.4, 0.5) is 11.4 Å². The molecular formula is C18H26N4O3. The van der Waals surface area contributed by atoms with Crippen molar-refractivity contribution < 1.29 is 14.3 Å². The minimum atomic E-state index is -0.185. The van der Waals surface area contributed by atoms with Gasteiger partial charge in [-0.1, -0.05) is 12.1 Å². The van der Waals surface area contributed by atoms with Gasteiger partial charge in [-0.05, 0) is 26.1 Å². The smallest absolute Gasteiger partial charge is 0.241 e. The van der Waals surface area contributed by atoms with Gasteiger partial charge in [0.2, 0.25) is 11.8 Å². The summed E-state index contributed by atoms with van der Waals surface area (Å²) in [5.41, 5.74) is 1.43. The van der Waals surface area contributed by atoms with Crippen molar-refractivity contribution in [3.05, 3.63) is 24.3 Å². The van der Waals surface area contributed by atoms with Gasteiger partial charge in [-0.25, -0.2) is 0 Å². The maximum atomic E-state index is 12.8. The summed E-state index contributed by atoms with van der Waals surface area (Å²) < 4.78 is 5.70. The highest BCUT2D eigenvalue weighted by Gasteiger charge is 2.29. The number of likely N-dealkylation sites (N-methyl/N-ethyl adjacent to an activating group) is 1. The third-order valence-electron chi connectivity index (χ3n) is 4.62. The molecule has 2 amide bonds. The van der Waals surface area contributed by atoms with Crippen molar-refractivity contribution >= 4 is 23.2 Å².